The van der Waals surface area contributed by atoms with E-state index in [1.807, 2.05) is 42.5 Å². The molecule has 1 heterocycles. The number of carbonyl (C=O) groups is 1. The summed E-state index contributed by atoms with van der Waals surface area (Å²) in [5.74, 6) is -0.507. The van der Waals surface area contributed by atoms with Crippen LogP contribution in [0.25, 0.3) is 22.4 Å². The molecule has 3 rings (SSSR count). The van der Waals surface area contributed by atoms with Crippen molar-refractivity contribution < 1.29 is 9.53 Å². The number of nitriles is 1. The highest BCUT2D eigenvalue weighted by molar-refractivity contribution is 5.94. The van der Waals surface area contributed by atoms with Crippen molar-refractivity contribution in [3.05, 3.63) is 59.8 Å². The van der Waals surface area contributed by atoms with Crippen LogP contribution in [0.4, 0.5) is 0 Å². The number of hydrogen-bond donors (Lipinski definition) is 1. The molecular weight excluding hydrogens is 304 g/mol. The Hall–Kier alpha value is -3.46. The lowest BCUT2D eigenvalue weighted by atomic mass is 10.0. The van der Waals surface area contributed by atoms with E-state index < -0.39 is 5.97 Å². The number of hydrogen-bond acceptors (Lipinski definition) is 5. The summed E-state index contributed by atoms with van der Waals surface area (Å²) < 4.78 is 4.97. The fourth-order valence-corrected chi connectivity index (χ4v) is 2.36. The molecular formula is C18H14N4O2. The summed E-state index contributed by atoms with van der Waals surface area (Å²) in [5, 5.41) is 19.4. The molecule has 0 aliphatic rings. The Bertz CT molecular complexity index is 907. The third-order valence-electron chi connectivity index (χ3n) is 3.50. The Labute approximate surface area is 138 Å². The van der Waals surface area contributed by atoms with Crippen LogP contribution in [-0.4, -0.2) is 28.0 Å². The highest BCUT2D eigenvalue weighted by Crippen LogP contribution is 2.25. The first kappa shape index (κ1) is 15.4. The maximum Gasteiger partial charge on any atom is 0.361 e. The molecule has 6 nitrogen and oxygen atoms in total. The van der Waals surface area contributed by atoms with Gasteiger partial charge in [-0.15, -0.1) is 5.10 Å². The highest BCUT2D eigenvalue weighted by atomic mass is 16.5. The van der Waals surface area contributed by atoms with E-state index in [2.05, 4.69) is 21.5 Å². The zero-order valence-electron chi connectivity index (χ0n) is 13.0. The van der Waals surface area contributed by atoms with Crippen molar-refractivity contribution >= 4 is 5.97 Å². The summed E-state index contributed by atoms with van der Waals surface area (Å²) in [5.41, 5.74) is 3.90. The zero-order chi connectivity index (χ0) is 16.9. The Balaban J connectivity index is 1.92. The van der Waals surface area contributed by atoms with Gasteiger partial charge in [0.25, 0.3) is 0 Å². The van der Waals surface area contributed by atoms with Crippen LogP contribution < -0.4 is 0 Å². The van der Waals surface area contributed by atoms with Crippen molar-refractivity contribution in [2.75, 3.05) is 6.61 Å². The van der Waals surface area contributed by atoms with E-state index in [1.165, 1.54) is 0 Å². The lowest BCUT2D eigenvalue weighted by molar-refractivity contribution is 0.0520. The van der Waals surface area contributed by atoms with Gasteiger partial charge in [-0.2, -0.15) is 15.6 Å². The van der Waals surface area contributed by atoms with Crippen LogP contribution in [0.3, 0.4) is 0 Å². The summed E-state index contributed by atoms with van der Waals surface area (Å²) in [6, 6.07) is 17.0. The third kappa shape index (κ3) is 3.01. The minimum absolute atomic E-state index is 0.163. The first-order valence-corrected chi connectivity index (χ1v) is 7.41. The van der Waals surface area contributed by atoms with Crippen molar-refractivity contribution in [1.82, 2.24) is 15.4 Å². The second-order valence-electron chi connectivity index (χ2n) is 5.01. The van der Waals surface area contributed by atoms with E-state index >= 15 is 0 Å². The molecule has 0 unspecified atom stereocenters. The smallest absolute Gasteiger partial charge is 0.361 e. The maximum atomic E-state index is 11.9. The minimum Gasteiger partial charge on any atom is -0.461 e. The quantitative estimate of drug-likeness (QED) is 0.746. The minimum atomic E-state index is -0.507. The molecule has 0 bridgehead atoms. The monoisotopic (exact) mass is 318 g/mol. The molecule has 3 aromatic rings. The first-order chi connectivity index (χ1) is 11.7. The molecule has 118 valence electrons. The zero-order valence-corrected chi connectivity index (χ0v) is 13.0. The van der Waals surface area contributed by atoms with Gasteiger partial charge in [0.05, 0.1) is 18.2 Å². The lowest BCUT2D eigenvalue weighted by Crippen LogP contribution is -2.06. The molecule has 0 aliphatic heterocycles. The fourth-order valence-electron chi connectivity index (χ4n) is 2.36. The van der Waals surface area contributed by atoms with Gasteiger partial charge >= 0.3 is 5.97 Å². The van der Waals surface area contributed by atoms with Crippen molar-refractivity contribution in [2.45, 2.75) is 6.92 Å². The molecule has 6 heteroatoms. The van der Waals surface area contributed by atoms with Crippen LogP contribution >= 0.6 is 0 Å². The normalized spacial score (nSPS) is 10.2. The number of nitrogens with one attached hydrogen (secondary N) is 1. The number of nitrogens with zero attached hydrogens (tertiary/aromatic N) is 3. The van der Waals surface area contributed by atoms with E-state index in [0.717, 1.165) is 16.7 Å². The second kappa shape index (κ2) is 6.75. The van der Waals surface area contributed by atoms with Gasteiger partial charge in [-0.25, -0.2) is 4.79 Å². The Morgan fingerprint density at radius 1 is 1.12 bits per heavy atom. The van der Waals surface area contributed by atoms with Gasteiger partial charge in [0.1, 0.15) is 5.69 Å². The number of benzene rings is 2. The number of H-pyrrole nitrogens is 1. The predicted molar refractivity (Wildman–Crippen MR) is 87.9 cm³/mol. The van der Waals surface area contributed by atoms with Gasteiger partial charge in [-0.1, -0.05) is 36.4 Å². The molecule has 1 aromatic heterocycles. The first-order valence-electron chi connectivity index (χ1n) is 7.41. The summed E-state index contributed by atoms with van der Waals surface area (Å²) >= 11 is 0. The van der Waals surface area contributed by atoms with Crippen molar-refractivity contribution in [1.29, 1.82) is 5.26 Å². The maximum absolute atomic E-state index is 11.9. The van der Waals surface area contributed by atoms with Crippen molar-refractivity contribution in [3.8, 4) is 28.5 Å². The van der Waals surface area contributed by atoms with E-state index in [-0.39, 0.29) is 12.3 Å². The number of ether oxygens (including phenoxy) is 1. The van der Waals surface area contributed by atoms with Gasteiger partial charge in [-0.05, 0) is 30.2 Å². The molecule has 0 atom stereocenters. The van der Waals surface area contributed by atoms with Crippen LogP contribution in [0.5, 0.6) is 0 Å². The molecule has 1 N–H and O–H groups in total. The number of esters is 1. The summed E-state index contributed by atoms with van der Waals surface area (Å²) in [4.78, 5) is 11.9. The standard InChI is InChI=1S/C18H14N4O2/c1-2-24-18(23)17-16(20-22-21-17)14-8-6-13(7-9-14)15-5-3-4-12(10-15)11-19/h3-10H,2H2,1H3,(H,20,21,22). The lowest BCUT2D eigenvalue weighted by Gasteiger charge is -2.05. The average molecular weight is 318 g/mol. The molecule has 0 radical (unpaired) electrons. The topological polar surface area (TPSA) is 91.7 Å². The Morgan fingerprint density at radius 3 is 2.58 bits per heavy atom. The molecule has 0 aliphatic carbocycles. The largest absolute Gasteiger partial charge is 0.461 e. The number of rotatable bonds is 4. The number of aromatic nitrogens is 3. The Kier molecular flexibility index (Phi) is 4.34. The summed E-state index contributed by atoms with van der Waals surface area (Å²) in [6.45, 7) is 2.01. The molecule has 0 fully saturated rings. The van der Waals surface area contributed by atoms with E-state index in [4.69, 9.17) is 10.00 Å². The van der Waals surface area contributed by atoms with Gasteiger partial charge in [0, 0.05) is 5.56 Å². The van der Waals surface area contributed by atoms with Crippen molar-refractivity contribution in [2.24, 2.45) is 0 Å². The third-order valence-corrected chi connectivity index (χ3v) is 3.50. The van der Waals surface area contributed by atoms with Crippen LogP contribution in [-0.2, 0) is 4.74 Å². The number of carbonyl (C=O) groups excluding carboxylic acids is 1. The second-order valence-corrected chi connectivity index (χ2v) is 5.01. The van der Waals surface area contributed by atoms with E-state index in [9.17, 15) is 4.79 Å². The summed E-state index contributed by atoms with van der Waals surface area (Å²) in [7, 11) is 0. The number of aromatic amines is 1. The van der Waals surface area contributed by atoms with Crippen LogP contribution in [0.2, 0.25) is 0 Å². The average Bonchev–Trinajstić information content (AvgIpc) is 3.12. The molecule has 0 spiro atoms. The van der Waals surface area contributed by atoms with E-state index in [1.54, 1.807) is 13.0 Å². The fraction of sp³-hybridized carbons (Fsp3) is 0.111. The van der Waals surface area contributed by atoms with Crippen molar-refractivity contribution in [3.63, 3.8) is 0 Å². The van der Waals surface area contributed by atoms with Crippen LogP contribution in [0, 0.1) is 11.3 Å². The molecule has 2 aromatic carbocycles. The molecule has 0 amide bonds. The van der Waals surface area contributed by atoms with Gasteiger partial charge in [0.2, 0.25) is 0 Å². The van der Waals surface area contributed by atoms with Crippen LogP contribution in [0.15, 0.2) is 48.5 Å². The Morgan fingerprint density at radius 2 is 1.88 bits per heavy atom. The highest BCUT2D eigenvalue weighted by Gasteiger charge is 2.18. The van der Waals surface area contributed by atoms with E-state index in [0.29, 0.717) is 11.3 Å². The predicted octanol–water partition coefficient (Wildman–Crippen LogP) is 3.19. The SMILES string of the molecule is CCOC(=O)c1n[nH]nc1-c1ccc(-c2cccc(C#N)c2)cc1. The molecule has 0 saturated heterocycles. The summed E-state index contributed by atoms with van der Waals surface area (Å²) in [6.07, 6.45) is 0. The molecule has 24 heavy (non-hydrogen) atoms. The van der Waals surface area contributed by atoms with Crippen LogP contribution in [0.1, 0.15) is 23.0 Å². The molecule has 0 saturated carbocycles. The van der Waals surface area contributed by atoms with Gasteiger partial charge in [0.15, 0.2) is 5.69 Å². The van der Waals surface area contributed by atoms with Gasteiger partial charge < -0.3 is 4.74 Å². The van der Waals surface area contributed by atoms with Gasteiger partial charge in [-0.3, -0.25) is 0 Å².